The Morgan fingerprint density at radius 1 is 1.29 bits per heavy atom. The van der Waals surface area contributed by atoms with E-state index in [-0.39, 0.29) is 17.3 Å². The summed E-state index contributed by atoms with van der Waals surface area (Å²) in [5, 5.41) is 0. The van der Waals surface area contributed by atoms with Gasteiger partial charge in [0, 0.05) is 28.7 Å². The van der Waals surface area contributed by atoms with Crippen molar-refractivity contribution in [3.8, 4) is 0 Å². The smallest absolute Gasteiger partial charge is 0.246 e. The first-order valence-electron chi connectivity index (χ1n) is 5.93. The number of pyridine rings is 1. The Bertz CT molecular complexity index is 766. The van der Waals surface area contributed by atoms with Crippen LogP contribution in [0.4, 0.5) is 5.82 Å². The Kier molecular flexibility index (Phi) is 5.03. The summed E-state index contributed by atoms with van der Waals surface area (Å²) in [5.74, 6) is -0.0165. The summed E-state index contributed by atoms with van der Waals surface area (Å²) in [5.41, 5.74) is 6.56. The molecule has 2 aromatic rings. The molecule has 2 N–H and O–H groups in total. The van der Waals surface area contributed by atoms with Gasteiger partial charge in [0.15, 0.2) is 0 Å². The van der Waals surface area contributed by atoms with E-state index in [4.69, 9.17) is 5.73 Å². The van der Waals surface area contributed by atoms with Crippen molar-refractivity contribution in [3.05, 3.63) is 51.0 Å². The average Bonchev–Trinajstić information content (AvgIpc) is 2.43. The van der Waals surface area contributed by atoms with E-state index in [2.05, 4.69) is 36.8 Å². The standard InChI is InChI=1S/C13H13Br2N3O2S/c1-18(8-9-4-2-3-5-11(9)15)21(19,20)12-6-10(14)7-17-13(12)16/h2-7H,8H2,1H3,(H2,16,17). The molecule has 0 atom stereocenters. The zero-order valence-electron chi connectivity index (χ0n) is 11.1. The zero-order valence-corrected chi connectivity index (χ0v) is 15.1. The summed E-state index contributed by atoms with van der Waals surface area (Å²) in [7, 11) is -2.20. The molecule has 0 spiro atoms. The summed E-state index contributed by atoms with van der Waals surface area (Å²) in [6.07, 6.45) is 1.46. The molecular weight excluding hydrogens is 422 g/mol. The van der Waals surface area contributed by atoms with Crippen LogP contribution in [0.25, 0.3) is 0 Å². The number of halogens is 2. The van der Waals surface area contributed by atoms with Crippen LogP contribution in [0.2, 0.25) is 0 Å². The molecule has 0 radical (unpaired) electrons. The van der Waals surface area contributed by atoms with E-state index in [9.17, 15) is 8.42 Å². The summed E-state index contributed by atoms with van der Waals surface area (Å²) >= 11 is 6.62. The first-order valence-corrected chi connectivity index (χ1v) is 8.95. The molecular formula is C13H13Br2N3O2S. The Balaban J connectivity index is 2.35. The first-order chi connectivity index (χ1) is 9.82. The number of nitrogens with zero attached hydrogens (tertiary/aromatic N) is 2. The molecule has 1 aromatic heterocycles. The van der Waals surface area contributed by atoms with Gasteiger partial charge in [-0.05, 0) is 33.6 Å². The topological polar surface area (TPSA) is 76.3 Å². The number of hydrogen-bond donors (Lipinski definition) is 1. The van der Waals surface area contributed by atoms with Crippen molar-refractivity contribution in [1.29, 1.82) is 0 Å². The first kappa shape index (κ1) is 16.4. The summed E-state index contributed by atoms with van der Waals surface area (Å²) in [6, 6.07) is 8.91. The summed E-state index contributed by atoms with van der Waals surface area (Å²) in [6.45, 7) is 0.232. The predicted octanol–water partition coefficient (Wildman–Crippen LogP) is 3.01. The molecule has 1 aromatic carbocycles. The molecule has 112 valence electrons. The van der Waals surface area contributed by atoms with Crippen LogP contribution in [-0.2, 0) is 16.6 Å². The van der Waals surface area contributed by atoms with Crippen molar-refractivity contribution in [2.45, 2.75) is 11.4 Å². The van der Waals surface area contributed by atoms with Crippen LogP contribution >= 0.6 is 31.9 Å². The lowest BCUT2D eigenvalue weighted by molar-refractivity contribution is 0.466. The van der Waals surface area contributed by atoms with Crippen LogP contribution in [0.3, 0.4) is 0 Å². The minimum Gasteiger partial charge on any atom is -0.383 e. The fourth-order valence-corrected chi connectivity index (χ4v) is 3.89. The fraction of sp³-hybridized carbons (Fsp3) is 0.154. The highest BCUT2D eigenvalue weighted by molar-refractivity contribution is 9.10. The lowest BCUT2D eigenvalue weighted by Gasteiger charge is -2.18. The van der Waals surface area contributed by atoms with Crippen LogP contribution in [0.5, 0.6) is 0 Å². The van der Waals surface area contributed by atoms with Gasteiger partial charge in [-0.25, -0.2) is 13.4 Å². The number of nitrogens with two attached hydrogens (primary N) is 1. The minimum atomic E-state index is -3.71. The second-order valence-electron chi connectivity index (χ2n) is 4.39. The molecule has 0 fully saturated rings. The van der Waals surface area contributed by atoms with E-state index in [0.29, 0.717) is 4.47 Å². The van der Waals surface area contributed by atoms with Gasteiger partial charge >= 0.3 is 0 Å². The van der Waals surface area contributed by atoms with Crippen molar-refractivity contribution in [2.24, 2.45) is 0 Å². The molecule has 1 heterocycles. The highest BCUT2D eigenvalue weighted by Crippen LogP contribution is 2.25. The Labute approximate surface area is 140 Å². The van der Waals surface area contributed by atoms with Crippen LogP contribution in [0, 0.1) is 0 Å². The number of rotatable bonds is 4. The quantitative estimate of drug-likeness (QED) is 0.802. The average molecular weight is 435 g/mol. The number of anilines is 1. The summed E-state index contributed by atoms with van der Waals surface area (Å²) < 4.78 is 27.8. The maximum absolute atomic E-state index is 12.6. The molecule has 0 saturated carbocycles. The van der Waals surface area contributed by atoms with E-state index in [1.165, 1.54) is 23.6 Å². The number of aromatic nitrogens is 1. The molecule has 8 heteroatoms. The predicted molar refractivity (Wildman–Crippen MR) is 89.1 cm³/mol. The molecule has 2 rings (SSSR count). The van der Waals surface area contributed by atoms with Gasteiger partial charge in [0.25, 0.3) is 0 Å². The number of nitrogen functional groups attached to an aromatic ring is 1. The zero-order chi connectivity index (χ0) is 15.6. The third kappa shape index (κ3) is 3.63. The molecule has 0 saturated heterocycles. The third-order valence-electron chi connectivity index (χ3n) is 2.89. The van der Waals surface area contributed by atoms with Crippen molar-refractivity contribution in [2.75, 3.05) is 12.8 Å². The van der Waals surface area contributed by atoms with Gasteiger partial charge < -0.3 is 5.73 Å². The second kappa shape index (κ2) is 6.43. The Morgan fingerprint density at radius 2 is 1.95 bits per heavy atom. The molecule has 5 nitrogen and oxygen atoms in total. The van der Waals surface area contributed by atoms with Crippen molar-refractivity contribution >= 4 is 47.7 Å². The van der Waals surface area contributed by atoms with E-state index in [1.54, 1.807) is 0 Å². The van der Waals surface area contributed by atoms with Crippen molar-refractivity contribution < 1.29 is 8.42 Å². The van der Waals surface area contributed by atoms with Gasteiger partial charge in [-0.3, -0.25) is 0 Å². The largest absolute Gasteiger partial charge is 0.383 e. The van der Waals surface area contributed by atoms with E-state index < -0.39 is 10.0 Å². The molecule has 21 heavy (non-hydrogen) atoms. The monoisotopic (exact) mass is 433 g/mol. The van der Waals surface area contributed by atoms with Crippen molar-refractivity contribution in [3.63, 3.8) is 0 Å². The molecule has 0 aliphatic rings. The molecule has 0 aliphatic heterocycles. The van der Waals surface area contributed by atoms with E-state index >= 15 is 0 Å². The Morgan fingerprint density at radius 3 is 2.62 bits per heavy atom. The third-order valence-corrected chi connectivity index (χ3v) is 5.93. The van der Waals surface area contributed by atoms with Gasteiger partial charge in [0.2, 0.25) is 10.0 Å². The highest BCUT2D eigenvalue weighted by Gasteiger charge is 2.25. The number of hydrogen-bond acceptors (Lipinski definition) is 4. The minimum absolute atomic E-state index is 0.00794. The van der Waals surface area contributed by atoms with E-state index in [1.807, 2.05) is 24.3 Å². The van der Waals surface area contributed by atoms with Gasteiger partial charge in [-0.15, -0.1) is 0 Å². The lowest BCUT2D eigenvalue weighted by atomic mass is 10.2. The number of sulfonamides is 1. The van der Waals surface area contributed by atoms with Gasteiger partial charge in [0.05, 0.1) is 0 Å². The maximum atomic E-state index is 12.6. The molecule has 0 amide bonds. The molecule has 0 unspecified atom stereocenters. The summed E-state index contributed by atoms with van der Waals surface area (Å²) in [4.78, 5) is 3.86. The number of benzene rings is 1. The fourth-order valence-electron chi connectivity index (χ4n) is 1.76. The van der Waals surface area contributed by atoms with Crippen LogP contribution in [0.1, 0.15) is 5.56 Å². The van der Waals surface area contributed by atoms with Crippen LogP contribution in [-0.4, -0.2) is 24.8 Å². The van der Waals surface area contributed by atoms with Crippen LogP contribution in [0.15, 0.2) is 50.4 Å². The van der Waals surface area contributed by atoms with E-state index in [0.717, 1.165) is 10.0 Å². The maximum Gasteiger partial charge on any atom is 0.246 e. The normalized spacial score (nSPS) is 11.8. The van der Waals surface area contributed by atoms with Gasteiger partial charge in [0.1, 0.15) is 10.7 Å². The highest BCUT2D eigenvalue weighted by atomic mass is 79.9. The Hall–Kier alpha value is -0.960. The van der Waals surface area contributed by atoms with Gasteiger partial charge in [-0.2, -0.15) is 4.31 Å². The molecule has 0 bridgehead atoms. The lowest BCUT2D eigenvalue weighted by Crippen LogP contribution is -2.27. The second-order valence-corrected chi connectivity index (χ2v) is 8.17. The SMILES string of the molecule is CN(Cc1ccccc1Br)S(=O)(=O)c1cc(Br)cnc1N. The van der Waals surface area contributed by atoms with Crippen LogP contribution < -0.4 is 5.73 Å². The van der Waals surface area contributed by atoms with Crippen molar-refractivity contribution in [1.82, 2.24) is 9.29 Å². The molecule has 0 aliphatic carbocycles. The van der Waals surface area contributed by atoms with Gasteiger partial charge in [-0.1, -0.05) is 34.1 Å².